The van der Waals surface area contributed by atoms with Crippen LogP contribution in [0.4, 0.5) is 0 Å². The summed E-state index contributed by atoms with van der Waals surface area (Å²) in [6, 6.07) is 13.4. The molecule has 0 bridgehead atoms. The predicted octanol–water partition coefficient (Wildman–Crippen LogP) is 2.03. The highest BCUT2D eigenvalue weighted by molar-refractivity contribution is 7.89. The Bertz CT molecular complexity index is 869. The van der Waals surface area contributed by atoms with Crippen molar-refractivity contribution in [1.29, 1.82) is 0 Å². The maximum absolute atomic E-state index is 12.6. The number of sulfonamides is 1. The summed E-state index contributed by atoms with van der Waals surface area (Å²) >= 11 is 0. The lowest BCUT2D eigenvalue weighted by atomic mass is 10.2. The largest absolute Gasteiger partial charge is 0.493 e. The first-order valence-electron chi connectivity index (χ1n) is 8.45. The van der Waals surface area contributed by atoms with Gasteiger partial charge in [-0.15, -0.1) is 0 Å². The summed E-state index contributed by atoms with van der Waals surface area (Å²) in [4.78, 5) is 12.4. The van der Waals surface area contributed by atoms with Gasteiger partial charge in [0.15, 0.2) is 11.5 Å². The first-order valence-corrected chi connectivity index (χ1v) is 9.89. The van der Waals surface area contributed by atoms with Crippen LogP contribution >= 0.6 is 0 Å². The zero-order valence-electron chi connectivity index (χ0n) is 15.6. The summed E-state index contributed by atoms with van der Waals surface area (Å²) in [5, 5.41) is 2.73. The van der Waals surface area contributed by atoms with Gasteiger partial charge in [0, 0.05) is 13.1 Å². The van der Waals surface area contributed by atoms with E-state index in [1.165, 1.54) is 19.2 Å². The predicted molar refractivity (Wildman–Crippen MR) is 102 cm³/mol. The fourth-order valence-corrected chi connectivity index (χ4v) is 3.94. The molecule has 0 radical (unpaired) electrons. The van der Waals surface area contributed by atoms with Crippen molar-refractivity contribution in [3.63, 3.8) is 0 Å². The number of nitrogens with zero attached hydrogens (tertiary/aromatic N) is 1. The fourth-order valence-electron chi connectivity index (χ4n) is 2.52. The quantitative estimate of drug-likeness (QED) is 0.706. The minimum atomic E-state index is -3.71. The van der Waals surface area contributed by atoms with Gasteiger partial charge in [0.25, 0.3) is 0 Å². The van der Waals surface area contributed by atoms with Gasteiger partial charge in [-0.2, -0.15) is 4.31 Å². The van der Waals surface area contributed by atoms with Crippen molar-refractivity contribution in [2.24, 2.45) is 0 Å². The molecule has 0 atom stereocenters. The Labute approximate surface area is 160 Å². The highest BCUT2D eigenvalue weighted by Crippen LogP contribution is 2.27. The SMILES string of the molecule is CCN(CC(=O)NCc1ccc(OC)c(OC)c1)S(=O)(=O)c1ccccc1. The Morgan fingerprint density at radius 2 is 1.70 bits per heavy atom. The Morgan fingerprint density at radius 1 is 1.04 bits per heavy atom. The van der Waals surface area contributed by atoms with Gasteiger partial charge in [0.1, 0.15) is 0 Å². The molecule has 0 saturated heterocycles. The van der Waals surface area contributed by atoms with Crippen LogP contribution in [0.3, 0.4) is 0 Å². The molecule has 146 valence electrons. The van der Waals surface area contributed by atoms with Crippen molar-refractivity contribution >= 4 is 15.9 Å². The monoisotopic (exact) mass is 392 g/mol. The van der Waals surface area contributed by atoms with Crippen LogP contribution in [-0.4, -0.2) is 45.9 Å². The molecule has 0 aliphatic heterocycles. The Morgan fingerprint density at radius 3 is 2.30 bits per heavy atom. The van der Waals surface area contributed by atoms with Crippen molar-refractivity contribution in [1.82, 2.24) is 9.62 Å². The Hall–Kier alpha value is -2.58. The van der Waals surface area contributed by atoms with Gasteiger partial charge in [-0.25, -0.2) is 8.42 Å². The summed E-state index contributed by atoms with van der Waals surface area (Å²) < 4.78 is 36.8. The van der Waals surface area contributed by atoms with E-state index in [4.69, 9.17) is 9.47 Å². The summed E-state index contributed by atoms with van der Waals surface area (Å²) in [7, 11) is -0.630. The van der Waals surface area contributed by atoms with E-state index >= 15 is 0 Å². The van der Waals surface area contributed by atoms with Crippen LogP contribution in [0.2, 0.25) is 0 Å². The summed E-state index contributed by atoms with van der Waals surface area (Å²) in [6.45, 7) is 1.90. The normalized spacial score (nSPS) is 11.3. The van der Waals surface area contributed by atoms with E-state index in [1.54, 1.807) is 50.4 Å². The van der Waals surface area contributed by atoms with Crippen molar-refractivity contribution < 1.29 is 22.7 Å². The van der Waals surface area contributed by atoms with Crippen LogP contribution in [0.5, 0.6) is 11.5 Å². The molecule has 1 amide bonds. The van der Waals surface area contributed by atoms with E-state index in [1.807, 2.05) is 0 Å². The third-order valence-corrected chi connectivity index (χ3v) is 5.93. The third kappa shape index (κ3) is 5.21. The average Bonchev–Trinajstić information content (AvgIpc) is 2.70. The summed E-state index contributed by atoms with van der Waals surface area (Å²) in [5.41, 5.74) is 0.815. The number of rotatable bonds is 9. The molecular formula is C19H24N2O5S. The van der Waals surface area contributed by atoms with E-state index in [9.17, 15) is 13.2 Å². The minimum absolute atomic E-state index is 0.166. The Kier molecular flexibility index (Phi) is 7.20. The van der Waals surface area contributed by atoms with Crippen molar-refractivity contribution in [2.45, 2.75) is 18.4 Å². The topological polar surface area (TPSA) is 84.9 Å². The number of likely N-dealkylation sites (N-methyl/N-ethyl adjacent to an activating group) is 1. The molecule has 2 rings (SSSR count). The molecule has 0 aromatic heterocycles. The number of benzene rings is 2. The van der Waals surface area contributed by atoms with Crippen LogP contribution < -0.4 is 14.8 Å². The van der Waals surface area contributed by atoms with E-state index in [0.29, 0.717) is 11.5 Å². The van der Waals surface area contributed by atoms with Gasteiger partial charge >= 0.3 is 0 Å². The van der Waals surface area contributed by atoms with Crippen LogP contribution in [0, 0.1) is 0 Å². The van der Waals surface area contributed by atoms with Crippen LogP contribution in [-0.2, 0) is 21.4 Å². The molecular weight excluding hydrogens is 368 g/mol. The zero-order valence-corrected chi connectivity index (χ0v) is 16.5. The van der Waals surface area contributed by atoms with Gasteiger partial charge in [-0.05, 0) is 29.8 Å². The number of methoxy groups -OCH3 is 2. The highest BCUT2D eigenvalue weighted by atomic mass is 32.2. The number of carbonyl (C=O) groups is 1. The van der Waals surface area contributed by atoms with Gasteiger partial charge in [0.05, 0.1) is 25.7 Å². The number of ether oxygens (including phenoxy) is 2. The van der Waals surface area contributed by atoms with Crippen LogP contribution in [0.15, 0.2) is 53.4 Å². The molecule has 0 saturated carbocycles. The number of hydrogen-bond donors (Lipinski definition) is 1. The lowest BCUT2D eigenvalue weighted by molar-refractivity contribution is -0.121. The molecule has 0 unspecified atom stereocenters. The van der Waals surface area contributed by atoms with E-state index in [2.05, 4.69) is 5.32 Å². The molecule has 8 heteroatoms. The maximum atomic E-state index is 12.6. The van der Waals surface area contributed by atoms with Gasteiger partial charge < -0.3 is 14.8 Å². The molecule has 1 N–H and O–H groups in total. The van der Waals surface area contributed by atoms with Gasteiger partial charge in [0.2, 0.25) is 15.9 Å². The fraction of sp³-hybridized carbons (Fsp3) is 0.316. The van der Waals surface area contributed by atoms with Crippen molar-refractivity contribution in [2.75, 3.05) is 27.3 Å². The molecule has 0 spiro atoms. The molecule has 0 aliphatic rings. The van der Waals surface area contributed by atoms with Crippen molar-refractivity contribution in [3.8, 4) is 11.5 Å². The van der Waals surface area contributed by atoms with E-state index in [0.717, 1.165) is 9.87 Å². The van der Waals surface area contributed by atoms with Gasteiger partial charge in [-0.3, -0.25) is 4.79 Å². The molecule has 0 fully saturated rings. The van der Waals surface area contributed by atoms with Gasteiger partial charge in [-0.1, -0.05) is 31.2 Å². The smallest absolute Gasteiger partial charge is 0.243 e. The molecule has 27 heavy (non-hydrogen) atoms. The number of amides is 1. The second-order valence-electron chi connectivity index (χ2n) is 5.71. The summed E-state index contributed by atoms with van der Waals surface area (Å²) in [6.07, 6.45) is 0. The lowest BCUT2D eigenvalue weighted by Crippen LogP contribution is -2.40. The zero-order chi connectivity index (χ0) is 19.9. The van der Waals surface area contributed by atoms with Crippen LogP contribution in [0.25, 0.3) is 0 Å². The van der Waals surface area contributed by atoms with E-state index in [-0.39, 0.29) is 30.4 Å². The lowest BCUT2D eigenvalue weighted by Gasteiger charge is -2.20. The molecule has 2 aromatic carbocycles. The number of nitrogens with one attached hydrogen (secondary N) is 1. The average molecular weight is 392 g/mol. The molecule has 7 nitrogen and oxygen atoms in total. The third-order valence-electron chi connectivity index (χ3n) is 3.99. The molecule has 0 aliphatic carbocycles. The maximum Gasteiger partial charge on any atom is 0.243 e. The second kappa shape index (κ2) is 9.38. The number of hydrogen-bond acceptors (Lipinski definition) is 5. The Balaban J connectivity index is 2.02. The second-order valence-corrected chi connectivity index (χ2v) is 7.65. The van der Waals surface area contributed by atoms with Crippen LogP contribution in [0.1, 0.15) is 12.5 Å². The molecule has 0 heterocycles. The first-order chi connectivity index (χ1) is 12.9. The van der Waals surface area contributed by atoms with E-state index < -0.39 is 10.0 Å². The molecule has 2 aromatic rings. The summed E-state index contributed by atoms with van der Waals surface area (Å²) in [5.74, 6) is 0.774. The number of carbonyl (C=O) groups excluding carboxylic acids is 1. The van der Waals surface area contributed by atoms with Crippen molar-refractivity contribution in [3.05, 3.63) is 54.1 Å². The minimum Gasteiger partial charge on any atom is -0.493 e. The first kappa shape index (κ1) is 20.7. The standard InChI is InChI=1S/C19H24N2O5S/c1-4-21(27(23,24)16-8-6-5-7-9-16)14-19(22)20-13-15-10-11-17(25-2)18(12-15)26-3/h5-12H,4,13-14H2,1-3H3,(H,20,22). The highest BCUT2D eigenvalue weighted by Gasteiger charge is 2.24.